The van der Waals surface area contributed by atoms with Crippen LogP contribution in [0.5, 0.6) is 0 Å². The lowest BCUT2D eigenvalue weighted by molar-refractivity contribution is 0.814. The van der Waals surface area contributed by atoms with E-state index in [4.69, 9.17) is 0 Å². The number of aromatic nitrogens is 4. The molecule has 0 bridgehead atoms. The second kappa shape index (κ2) is 4.41. The number of hydrogen-bond acceptors (Lipinski definition) is 3. The molecule has 1 aromatic carbocycles. The standard InChI is InChI=1S/C14H12N4/c1-11-4-6-12(7-5-11)13-9-16-18(10-13)14-3-2-8-15-17-14/h2-10H,1H3. The lowest BCUT2D eigenvalue weighted by atomic mass is 10.1. The van der Waals surface area contributed by atoms with E-state index in [0.29, 0.717) is 0 Å². The maximum Gasteiger partial charge on any atom is 0.175 e. The lowest BCUT2D eigenvalue weighted by Crippen LogP contribution is -1.97. The summed E-state index contributed by atoms with van der Waals surface area (Å²) >= 11 is 0. The molecule has 0 amide bonds. The van der Waals surface area contributed by atoms with Crippen molar-refractivity contribution in [2.75, 3.05) is 0 Å². The van der Waals surface area contributed by atoms with Crippen LogP contribution < -0.4 is 0 Å². The summed E-state index contributed by atoms with van der Waals surface area (Å²) in [5.74, 6) is 0.718. The Kier molecular flexibility index (Phi) is 2.61. The van der Waals surface area contributed by atoms with E-state index in [1.54, 1.807) is 10.9 Å². The van der Waals surface area contributed by atoms with E-state index >= 15 is 0 Å². The van der Waals surface area contributed by atoms with Crippen molar-refractivity contribution in [3.05, 3.63) is 60.6 Å². The molecule has 0 aliphatic rings. The summed E-state index contributed by atoms with van der Waals surface area (Å²) in [5, 5.41) is 12.2. The quantitative estimate of drug-likeness (QED) is 0.687. The summed E-state index contributed by atoms with van der Waals surface area (Å²) in [6.07, 6.45) is 5.43. The van der Waals surface area contributed by atoms with Gasteiger partial charge in [0.15, 0.2) is 5.82 Å². The third-order valence-electron chi connectivity index (χ3n) is 2.76. The predicted molar refractivity (Wildman–Crippen MR) is 69.3 cm³/mol. The van der Waals surface area contributed by atoms with Gasteiger partial charge in [-0.1, -0.05) is 29.8 Å². The Morgan fingerprint density at radius 2 is 1.83 bits per heavy atom. The highest BCUT2D eigenvalue weighted by Gasteiger charge is 2.03. The average molecular weight is 236 g/mol. The largest absolute Gasteiger partial charge is 0.220 e. The highest BCUT2D eigenvalue weighted by atomic mass is 15.3. The fourth-order valence-corrected chi connectivity index (χ4v) is 1.76. The summed E-state index contributed by atoms with van der Waals surface area (Å²) in [5.41, 5.74) is 3.47. The van der Waals surface area contributed by atoms with Crippen molar-refractivity contribution >= 4 is 0 Å². The van der Waals surface area contributed by atoms with Crippen molar-refractivity contribution in [2.24, 2.45) is 0 Å². The molecule has 4 heteroatoms. The second-order valence-electron chi connectivity index (χ2n) is 4.12. The summed E-state index contributed by atoms with van der Waals surface area (Å²) in [6.45, 7) is 2.08. The second-order valence-corrected chi connectivity index (χ2v) is 4.12. The Balaban J connectivity index is 1.97. The Morgan fingerprint density at radius 3 is 2.56 bits per heavy atom. The molecule has 0 unspecified atom stereocenters. The van der Waals surface area contributed by atoms with Gasteiger partial charge in [-0.15, -0.1) is 5.10 Å². The van der Waals surface area contributed by atoms with Crippen molar-refractivity contribution in [2.45, 2.75) is 6.92 Å². The molecule has 3 rings (SSSR count). The first-order valence-electron chi connectivity index (χ1n) is 5.73. The van der Waals surface area contributed by atoms with Gasteiger partial charge in [0.1, 0.15) is 0 Å². The topological polar surface area (TPSA) is 43.6 Å². The van der Waals surface area contributed by atoms with Crippen LogP contribution in [0, 0.1) is 6.92 Å². The van der Waals surface area contributed by atoms with Crippen LogP contribution in [-0.4, -0.2) is 20.0 Å². The molecule has 3 aromatic rings. The SMILES string of the molecule is Cc1ccc(-c2cnn(-c3cccnn3)c2)cc1. The van der Waals surface area contributed by atoms with E-state index < -0.39 is 0 Å². The Labute approximate surface area is 105 Å². The summed E-state index contributed by atoms with van der Waals surface area (Å²) in [7, 11) is 0. The molecule has 2 aromatic heterocycles. The molecule has 0 aliphatic carbocycles. The van der Waals surface area contributed by atoms with Gasteiger partial charge in [-0.3, -0.25) is 0 Å². The first-order chi connectivity index (χ1) is 8.83. The van der Waals surface area contributed by atoms with Crippen molar-refractivity contribution in [1.29, 1.82) is 0 Å². The summed E-state index contributed by atoms with van der Waals surface area (Å²) < 4.78 is 1.72. The molecule has 0 spiro atoms. The summed E-state index contributed by atoms with van der Waals surface area (Å²) in [6, 6.07) is 12.1. The van der Waals surface area contributed by atoms with Gasteiger partial charge in [0.25, 0.3) is 0 Å². The van der Waals surface area contributed by atoms with E-state index in [1.165, 1.54) is 5.56 Å². The molecule has 0 saturated heterocycles. The van der Waals surface area contributed by atoms with E-state index in [-0.39, 0.29) is 0 Å². The molecule has 4 nitrogen and oxygen atoms in total. The maximum absolute atomic E-state index is 4.30. The fraction of sp³-hybridized carbons (Fsp3) is 0.0714. The fourth-order valence-electron chi connectivity index (χ4n) is 1.76. The van der Waals surface area contributed by atoms with Crippen LogP contribution in [0.3, 0.4) is 0 Å². The molecule has 18 heavy (non-hydrogen) atoms. The van der Waals surface area contributed by atoms with Crippen molar-refractivity contribution in [3.63, 3.8) is 0 Å². The number of aryl methyl sites for hydroxylation is 1. The van der Waals surface area contributed by atoms with Crippen LogP contribution in [0.25, 0.3) is 16.9 Å². The zero-order valence-electron chi connectivity index (χ0n) is 9.99. The molecule has 88 valence electrons. The maximum atomic E-state index is 4.30. The zero-order valence-corrected chi connectivity index (χ0v) is 9.99. The van der Waals surface area contributed by atoms with E-state index in [9.17, 15) is 0 Å². The van der Waals surface area contributed by atoms with Crippen LogP contribution in [0.15, 0.2) is 55.0 Å². The van der Waals surface area contributed by atoms with Gasteiger partial charge in [0.05, 0.1) is 6.20 Å². The third kappa shape index (κ3) is 2.00. The van der Waals surface area contributed by atoms with E-state index in [2.05, 4.69) is 46.5 Å². The van der Waals surface area contributed by atoms with Gasteiger partial charge < -0.3 is 0 Å². The van der Waals surface area contributed by atoms with Crippen LogP contribution >= 0.6 is 0 Å². The molecule has 0 aliphatic heterocycles. The Morgan fingerprint density at radius 1 is 1.00 bits per heavy atom. The predicted octanol–water partition coefficient (Wildman–Crippen LogP) is 2.64. The van der Waals surface area contributed by atoms with Crippen molar-refractivity contribution < 1.29 is 0 Å². The lowest BCUT2D eigenvalue weighted by Gasteiger charge is -1.98. The minimum absolute atomic E-state index is 0.718. The molecular weight excluding hydrogens is 224 g/mol. The number of rotatable bonds is 2. The van der Waals surface area contributed by atoms with Crippen molar-refractivity contribution in [3.8, 4) is 16.9 Å². The molecule has 2 heterocycles. The minimum atomic E-state index is 0.718. The first kappa shape index (κ1) is 10.7. The minimum Gasteiger partial charge on any atom is -0.220 e. The highest BCUT2D eigenvalue weighted by Crippen LogP contribution is 2.19. The monoisotopic (exact) mass is 236 g/mol. The number of nitrogens with zero attached hydrogens (tertiary/aromatic N) is 4. The smallest absolute Gasteiger partial charge is 0.175 e. The van der Waals surface area contributed by atoms with Crippen molar-refractivity contribution in [1.82, 2.24) is 20.0 Å². The van der Waals surface area contributed by atoms with Crippen LogP contribution in [0.2, 0.25) is 0 Å². The molecule has 0 N–H and O–H groups in total. The zero-order chi connectivity index (χ0) is 12.4. The molecule has 0 fully saturated rings. The average Bonchev–Trinajstić information content (AvgIpc) is 2.90. The van der Waals surface area contributed by atoms with Gasteiger partial charge in [-0.25, -0.2) is 4.68 Å². The van der Waals surface area contributed by atoms with Crippen LogP contribution in [0.1, 0.15) is 5.56 Å². The molecule has 0 radical (unpaired) electrons. The van der Waals surface area contributed by atoms with Gasteiger partial charge in [-0.2, -0.15) is 10.2 Å². The van der Waals surface area contributed by atoms with E-state index in [1.807, 2.05) is 24.5 Å². The van der Waals surface area contributed by atoms with Crippen LogP contribution in [-0.2, 0) is 0 Å². The van der Waals surface area contributed by atoms with Crippen LogP contribution in [0.4, 0.5) is 0 Å². The Bertz CT molecular complexity index is 641. The molecular formula is C14H12N4. The third-order valence-corrected chi connectivity index (χ3v) is 2.76. The normalized spacial score (nSPS) is 10.5. The van der Waals surface area contributed by atoms with Gasteiger partial charge in [0, 0.05) is 18.0 Å². The van der Waals surface area contributed by atoms with E-state index in [0.717, 1.165) is 16.9 Å². The molecule has 0 atom stereocenters. The summed E-state index contributed by atoms with van der Waals surface area (Å²) in [4.78, 5) is 0. The van der Waals surface area contributed by atoms with Gasteiger partial charge in [-0.05, 0) is 24.6 Å². The Hall–Kier alpha value is -2.49. The molecule has 0 saturated carbocycles. The highest BCUT2D eigenvalue weighted by molar-refractivity contribution is 5.62. The number of benzene rings is 1. The first-order valence-corrected chi connectivity index (χ1v) is 5.73. The van der Waals surface area contributed by atoms with Gasteiger partial charge >= 0.3 is 0 Å². The van der Waals surface area contributed by atoms with Gasteiger partial charge in [0.2, 0.25) is 0 Å². The number of hydrogen-bond donors (Lipinski definition) is 0.